The minimum atomic E-state index is -0.397. The van der Waals surface area contributed by atoms with Gasteiger partial charge in [-0.3, -0.25) is 4.79 Å². The van der Waals surface area contributed by atoms with E-state index in [0.717, 1.165) is 0 Å². The van der Waals surface area contributed by atoms with Crippen molar-refractivity contribution in [2.75, 3.05) is 14.2 Å². The fourth-order valence-electron chi connectivity index (χ4n) is 2.36. The summed E-state index contributed by atoms with van der Waals surface area (Å²) in [5, 5.41) is 19.4. The van der Waals surface area contributed by atoms with Gasteiger partial charge >= 0.3 is 0 Å². The Balaban J connectivity index is 2.33. The van der Waals surface area contributed by atoms with E-state index in [1.165, 1.54) is 38.5 Å². The highest BCUT2D eigenvalue weighted by molar-refractivity contribution is 5.83. The van der Waals surface area contributed by atoms with Crippen LogP contribution in [-0.2, 0) is 0 Å². The van der Waals surface area contributed by atoms with Gasteiger partial charge in [0, 0.05) is 5.56 Å². The molecule has 0 aliphatic carbocycles. The molecule has 2 N–H and O–H groups in total. The van der Waals surface area contributed by atoms with Crippen molar-refractivity contribution >= 4 is 11.0 Å². The van der Waals surface area contributed by atoms with Crippen LogP contribution in [0.25, 0.3) is 22.3 Å². The number of benzene rings is 2. The maximum atomic E-state index is 12.6. The van der Waals surface area contributed by atoms with Crippen LogP contribution in [0.1, 0.15) is 0 Å². The second-order valence-electron chi connectivity index (χ2n) is 4.86. The molecule has 0 bridgehead atoms. The molecule has 3 rings (SSSR count). The Labute approximate surface area is 131 Å². The summed E-state index contributed by atoms with van der Waals surface area (Å²) < 4.78 is 16.0. The van der Waals surface area contributed by atoms with Crippen LogP contribution in [0.15, 0.2) is 45.6 Å². The number of ether oxygens (including phenoxy) is 2. The second-order valence-corrected chi connectivity index (χ2v) is 4.86. The molecule has 0 atom stereocenters. The van der Waals surface area contributed by atoms with E-state index < -0.39 is 5.43 Å². The van der Waals surface area contributed by atoms with Crippen LogP contribution >= 0.6 is 0 Å². The van der Waals surface area contributed by atoms with Gasteiger partial charge in [0.2, 0.25) is 11.2 Å². The first kappa shape index (κ1) is 14.8. The lowest BCUT2D eigenvalue weighted by Crippen LogP contribution is -2.07. The maximum Gasteiger partial charge on any atom is 0.235 e. The third kappa shape index (κ3) is 2.44. The van der Waals surface area contributed by atoms with Gasteiger partial charge in [-0.1, -0.05) is 0 Å². The van der Waals surface area contributed by atoms with E-state index in [-0.39, 0.29) is 34.1 Å². The highest BCUT2D eigenvalue weighted by atomic mass is 16.5. The summed E-state index contributed by atoms with van der Waals surface area (Å²) in [4.78, 5) is 12.6. The van der Waals surface area contributed by atoms with Crippen LogP contribution in [0.5, 0.6) is 23.0 Å². The normalized spacial score (nSPS) is 10.7. The molecule has 1 heterocycles. The molecule has 0 unspecified atom stereocenters. The van der Waals surface area contributed by atoms with E-state index in [0.29, 0.717) is 11.1 Å². The minimum Gasteiger partial charge on any atom is -0.508 e. The van der Waals surface area contributed by atoms with Crippen molar-refractivity contribution in [2.45, 2.75) is 0 Å². The highest BCUT2D eigenvalue weighted by Crippen LogP contribution is 2.36. The molecule has 0 amide bonds. The molecule has 6 heteroatoms. The molecule has 118 valence electrons. The van der Waals surface area contributed by atoms with Gasteiger partial charge in [0.25, 0.3) is 0 Å². The molecule has 0 spiro atoms. The third-order valence-electron chi connectivity index (χ3n) is 3.48. The maximum absolute atomic E-state index is 12.6. The molecule has 23 heavy (non-hydrogen) atoms. The molecule has 3 aromatic rings. The number of phenolic OH excluding ortho intramolecular Hbond substituents is 2. The highest BCUT2D eigenvalue weighted by Gasteiger charge is 2.18. The smallest absolute Gasteiger partial charge is 0.235 e. The SMILES string of the molecule is COc1cc(-c2oc3ccc(O)cc3c(=O)c2OC)ccc1O. The lowest BCUT2D eigenvalue weighted by atomic mass is 10.1. The Morgan fingerprint density at radius 2 is 1.78 bits per heavy atom. The molecular weight excluding hydrogens is 300 g/mol. The van der Waals surface area contributed by atoms with Crippen LogP contribution in [-0.4, -0.2) is 24.4 Å². The summed E-state index contributed by atoms with van der Waals surface area (Å²) in [6.45, 7) is 0. The first-order valence-electron chi connectivity index (χ1n) is 6.76. The van der Waals surface area contributed by atoms with Gasteiger partial charge in [0.05, 0.1) is 19.6 Å². The summed E-state index contributed by atoms with van der Waals surface area (Å²) in [6, 6.07) is 8.83. The molecule has 0 aliphatic rings. The van der Waals surface area contributed by atoms with Crippen LogP contribution in [0.4, 0.5) is 0 Å². The van der Waals surface area contributed by atoms with Gasteiger partial charge in [0.15, 0.2) is 17.3 Å². The summed E-state index contributed by atoms with van der Waals surface area (Å²) in [6.07, 6.45) is 0. The predicted molar refractivity (Wildman–Crippen MR) is 84.4 cm³/mol. The summed E-state index contributed by atoms with van der Waals surface area (Å²) in [5.41, 5.74) is 0.436. The van der Waals surface area contributed by atoms with Gasteiger partial charge in [-0.2, -0.15) is 0 Å². The molecule has 0 aliphatic heterocycles. The predicted octanol–water partition coefficient (Wildman–Crippen LogP) is 2.89. The standard InChI is InChI=1S/C17H14O6/c1-21-14-7-9(3-5-12(14)19)16-17(22-2)15(20)11-8-10(18)4-6-13(11)23-16/h3-8,18-19H,1-2H3. The van der Waals surface area contributed by atoms with Gasteiger partial charge in [-0.05, 0) is 36.4 Å². The fraction of sp³-hybridized carbons (Fsp3) is 0.118. The second kappa shape index (κ2) is 5.57. The van der Waals surface area contributed by atoms with Crippen molar-refractivity contribution in [1.29, 1.82) is 0 Å². The Morgan fingerprint density at radius 1 is 1.00 bits per heavy atom. The van der Waals surface area contributed by atoms with Crippen LogP contribution in [0.3, 0.4) is 0 Å². The van der Waals surface area contributed by atoms with Crippen LogP contribution < -0.4 is 14.9 Å². The third-order valence-corrected chi connectivity index (χ3v) is 3.48. The number of rotatable bonds is 3. The molecule has 2 aromatic carbocycles. The van der Waals surface area contributed by atoms with Gasteiger partial charge in [-0.25, -0.2) is 0 Å². The van der Waals surface area contributed by atoms with Crippen molar-refractivity contribution in [3.63, 3.8) is 0 Å². The van der Waals surface area contributed by atoms with E-state index in [2.05, 4.69) is 0 Å². The van der Waals surface area contributed by atoms with Crippen molar-refractivity contribution in [2.24, 2.45) is 0 Å². The first-order chi connectivity index (χ1) is 11.0. The number of fused-ring (bicyclic) bond motifs is 1. The zero-order valence-corrected chi connectivity index (χ0v) is 12.5. The molecular formula is C17H14O6. The van der Waals surface area contributed by atoms with Crippen molar-refractivity contribution in [3.05, 3.63) is 46.6 Å². The molecule has 0 radical (unpaired) electrons. The lowest BCUT2D eigenvalue weighted by Gasteiger charge is -2.11. The number of hydrogen-bond acceptors (Lipinski definition) is 6. The quantitative estimate of drug-likeness (QED) is 0.772. The first-order valence-corrected chi connectivity index (χ1v) is 6.76. The summed E-state index contributed by atoms with van der Waals surface area (Å²) in [5.74, 6) is 0.414. The van der Waals surface area contributed by atoms with Gasteiger partial charge in [-0.15, -0.1) is 0 Å². The van der Waals surface area contributed by atoms with E-state index in [4.69, 9.17) is 13.9 Å². The van der Waals surface area contributed by atoms with E-state index in [1.807, 2.05) is 0 Å². The topological polar surface area (TPSA) is 89.1 Å². The molecule has 1 aromatic heterocycles. The molecule has 0 saturated heterocycles. The number of phenols is 2. The van der Waals surface area contributed by atoms with Crippen LogP contribution in [0.2, 0.25) is 0 Å². The van der Waals surface area contributed by atoms with Crippen molar-refractivity contribution < 1.29 is 24.1 Å². The largest absolute Gasteiger partial charge is 0.508 e. The monoisotopic (exact) mass is 314 g/mol. The Hall–Kier alpha value is -3.15. The fourth-order valence-corrected chi connectivity index (χ4v) is 2.36. The average Bonchev–Trinajstić information content (AvgIpc) is 2.56. The molecule has 0 fully saturated rings. The van der Waals surface area contributed by atoms with E-state index >= 15 is 0 Å². The van der Waals surface area contributed by atoms with Crippen molar-refractivity contribution in [1.82, 2.24) is 0 Å². The average molecular weight is 314 g/mol. The summed E-state index contributed by atoms with van der Waals surface area (Å²) in [7, 11) is 2.79. The zero-order valence-electron chi connectivity index (χ0n) is 12.5. The number of methoxy groups -OCH3 is 2. The Kier molecular flexibility index (Phi) is 3.57. The Morgan fingerprint density at radius 3 is 2.48 bits per heavy atom. The summed E-state index contributed by atoms with van der Waals surface area (Å²) >= 11 is 0. The van der Waals surface area contributed by atoms with Crippen LogP contribution in [0, 0.1) is 0 Å². The molecule has 0 saturated carbocycles. The number of hydrogen-bond donors (Lipinski definition) is 2. The minimum absolute atomic E-state index is 0.0100. The van der Waals surface area contributed by atoms with E-state index in [9.17, 15) is 15.0 Å². The lowest BCUT2D eigenvalue weighted by molar-refractivity contribution is 0.373. The number of aromatic hydroxyl groups is 2. The zero-order chi connectivity index (χ0) is 16.6. The molecule has 6 nitrogen and oxygen atoms in total. The Bertz CT molecular complexity index is 942. The van der Waals surface area contributed by atoms with E-state index in [1.54, 1.807) is 12.1 Å². The van der Waals surface area contributed by atoms with Gasteiger partial charge < -0.3 is 24.1 Å². The van der Waals surface area contributed by atoms with Crippen molar-refractivity contribution in [3.8, 4) is 34.3 Å². The van der Waals surface area contributed by atoms with Gasteiger partial charge in [0.1, 0.15) is 11.3 Å².